The molecule has 0 saturated heterocycles. The predicted octanol–water partition coefficient (Wildman–Crippen LogP) is 2.66. The van der Waals surface area contributed by atoms with Crippen LogP contribution in [0.15, 0.2) is 24.5 Å². The number of pyridine rings is 1. The van der Waals surface area contributed by atoms with Gasteiger partial charge in [-0.1, -0.05) is 19.9 Å². The molecule has 0 spiro atoms. The lowest BCUT2D eigenvalue weighted by Crippen LogP contribution is -2.45. The number of rotatable bonds is 5. The number of carbonyl (C=O) groups is 1. The van der Waals surface area contributed by atoms with Gasteiger partial charge in [-0.25, -0.2) is 4.79 Å². The molecule has 1 N–H and O–H groups in total. The second-order valence-electron chi connectivity index (χ2n) is 5.16. The van der Waals surface area contributed by atoms with Gasteiger partial charge >= 0.3 is 6.03 Å². The Labute approximate surface area is 109 Å². The monoisotopic (exact) mass is 249 g/mol. The molecule has 1 heterocycles. The van der Waals surface area contributed by atoms with Gasteiger partial charge in [-0.15, -0.1) is 0 Å². The molecular weight excluding hydrogens is 226 g/mol. The standard InChI is InChI=1S/C14H23N3O/c1-11(2)10-17(12(3)4)14(18)16-9-13-6-5-7-15-8-13/h5-8,11-12H,9-10H2,1-4H3,(H,16,18). The molecule has 0 fully saturated rings. The van der Waals surface area contributed by atoms with Crippen LogP contribution in [0.3, 0.4) is 0 Å². The average molecular weight is 249 g/mol. The lowest BCUT2D eigenvalue weighted by atomic mass is 10.2. The van der Waals surface area contributed by atoms with Gasteiger partial charge in [0.25, 0.3) is 0 Å². The van der Waals surface area contributed by atoms with E-state index >= 15 is 0 Å². The molecule has 1 rings (SSSR count). The lowest BCUT2D eigenvalue weighted by molar-refractivity contribution is 0.174. The van der Waals surface area contributed by atoms with Crippen LogP contribution in [0, 0.1) is 5.92 Å². The fraction of sp³-hybridized carbons (Fsp3) is 0.571. The van der Waals surface area contributed by atoms with Crippen molar-refractivity contribution in [3.63, 3.8) is 0 Å². The SMILES string of the molecule is CC(C)CN(C(=O)NCc1cccnc1)C(C)C. The number of aromatic nitrogens is 1. The van der Waals surface area contributed by atoms with Gasteiger partial charge in [0.1, 0.15) is 0 Å². The molecule has 100 valence electrons. The average Bonchev–Trinajstić information content (AvgIpc) is 2.34. The number of hydrogen-bond acceptors (Lipinski definition) is 2. The van der Waals surface area contributed by atoms with Crippen molar-refractivity contribution in [3.05, 3.63) is 30.1 Å². The van der Waals surface area contributed by atoms with E-state index in [1.807, 2.05) is 30.9 Å². The molecule has 0 atom stereocenters. The molecular formula is C14H23N3O. The summed E-state index contributed by atoms with van der Waals surface area (Å²) in [5.74, 6) is 0.469. The highest BCUT2D eigenvalue weighted by Gasteiger charge is 2.17. The number of carbonyl (C=O) groups excluding carboxylic acids is 1. The maximum atomic E-state index is 12.1. The zero-order valence-electron chi connectivity index (χ0n) is 11.7. The molecule has 18 heavy (non-hydrogen) atoms. The Morgan fingerprint density at radius 2 is 2.11 bits per heavy atom. The Morgan fingerprint density at radius 1 is 1.39 bits per heavy atom. The zero-order chi connectivity index (χ0) is 13.5. The van der Waals surface area contributed by atoms with Crippen LogP contribution in [-0.2, 0) is 6.54 Å². The van der Waals surface area contributed by atoms with E-state index in [1.54, 1.807) is 12.4 Å². The minimum atomic E-state index is -0.0115. The molecule has 0 aliphatic heterocycles. The number of amides is 2. The second kappa shape index (κ2) is 6.99. The number of hydrogen-bond donors (Lipinski definition) is 1. The third-order valence-electron chi connectivity index (χ3n) is 2.61. The van der Waals surface area contributed by atoms with Gasteiger partial charge in [0.15, 0.2) is 0 Å². The number of nitrogens with zero attached hydrogens (tertiary/aromatic N) is 2. The van der Waals surface area contributed by atoms with Crippen LogP contribution < -0.4 is 5.32 Å². The minimum Gasteiger partial charge on any atom is -0.334 e. The molecule has 1 aromatic rings. The van der Waals surface area contributed by atoms with Crippen molar-refractivity contribution >= 4 is 6.03 Å². The first-order valence-corrected chi connectivity index (χ1v) is 6.44. The first-order valence-electron chi connectivity index (χ1n) is 6.44. The lowest BCUT2D eigenvalue weighted by Gasteiger charge is -2.28. The maximum Gasteiger partial charge on any atom is 0.317 e. The summed E-state index contributed by atoms with van der Waals surface area (Å²) < 4.78 is 0. The molecule has 0 aromatic carbocycles. The molecule has 4 heteroatoms. The van der Waals surface area contributed by atoms with Crippen molar-refractivity contribution < 1.29 is 4.79 Å². The van der Waals surface area contributed by atoms with E-state index in [9.17, 15) is 4.79 Å². The van der Waals surface area contributed by atoms with Gasteiger partial charge in [-0.2, -0.15) is 0 Å². The molecule has 0 aliphatic carbocycles. The topological polar surface area (TPSA) is 45.2 Å². The van der Waals surface area contributed by atoms with Crippen molar-refractivity contribution in [1.82, 2.24) is 15.2 Å². The third kappa shape index (κ3) is 4.73. The maximum absolute atomic E-state index is 12.1. The van der Waals surface area contributed by atoms with E-state index in [4.69, 9.17) is 0 Å². The van der Waals surface area contributed by atoms with Crippen LogP contribution in [0.1, 0.15) is 33.3 Å². The van der Waals surface area contributed by atoms with E-state index in [-0.39, 0.29) is 12.1 Å². The quantitative estimate of drug-likeness (QED) is 0.872. The highest BCUT2D eigenvalue weighted by atomic mass is 16.2. The molecule has 0 bridgehead atoms. The summed E-state index contributed by atoms with van der Waals surface area (Å²) >= 11 is 0. The highest BCUT2D eigenvalue weighted by Crippen LogP contribution is 2.05. The van der Waals surface area contributed by atoms with Crippen LogP contribution in [0.2, 0.25) is 0 Å². The first kappa shape index (κ1) is 14.5. The van der Waals surface area contributed by atoms with E-state index in [0.29, 0.717) is 12.5 Å². The summed E-state index contributed by atoms with van der Waals surface area (Å²) in [4.78, 5) is 18.0. The first-order chi connectivity index (χ1) is 8.50. The Bertz CT molecular complexity index is 363. The molecule has 0 unspecified atom stereocenters. The molecule has 1 aromatic heterocycles. The van der Waals surface area contributed by atoms with Crippen molar-refractivity contribution in [1.29, 1.82) is 0 Å². The minimum absolute atomic E-state index is 0.0115. The van der Waals surface area contributed by atoms with Crippen LogP contribution in [0.25, 0.3) is 0 Å². The fourth-order valence-corrected chi connectivity index (χ4v) is 1.70. The Kier molecular flexibility index (Phi) is 5.62. The van der Waals surface area contributed by atoms with Gasteiger partial charge < -0.3 is 10.2 Å². The summed E-state index contributed by atoms with van der Waals surface area (Å²) in [6.07, 6.45) is 3.49. The van der Waals surface area contributed by atoms with Crippen LogP contribution >= 0.6 is 0 Å². The van der Waals surface area contributed by atoms with Crippen LogP contribution in [-0.4, -0.2) is 28.5 Å². The van der Waals surface area contributed by atoms with Gasteiger partial charge in [0.05, 0.1) is 0 Å². The summed E-state index contributed by atoms with van der Waals surface area (Å²) in [6, 6.07) is 4.02. The van der Waals surface area contributed by atoms with Gasteiger partial charge in [-0.3, -0.25) is 4.98 Å². The van der Waals surface area contributed by atoms with E-state index in [2.05, 4.69) is 24.1 Å². The van der Waals surface area contributed by atoms with Crippen LogP contribution in [0.5, 0.6) is 0 Å². The number of nitrogens with one attached hydrogen (secondary N) is 1. The van der Waals surface area contributed by atoms with Crippen molar-refractivity contribution in [2.24, 2.45) is 5.92 Å². The van der Waals surface area contributed by atoms with E-state index in [0.717, 1.165) is 12.1 Å². The normalized spacial score (nSPS) is 10.8. The van der Waals surface area contributed by atoms with Gasteiger partial charge in [0.2, 0.25) is 0 Å². The smallest absolute Gasteiger partial charge is 0.317 e. The van der Waals surface area contributed by atoms with E-state index < -0.39 is 0 Å². The Balaban J connectivity index is 2.52. The van der Waals surface area contributed by atoms with Crippen molar-refractivity contribution in [3.8, 4) is 0 Å². The van der Waals surface area contributed by atoms with Crippen molar-refractivity contribution in [2.75, 3.05) is 6.54 Å². The zero-order valence-corrected chi connectivity index (χ0v) is 11.7. The largest absolute Gasteiger partial charge is 0.334 e. The molecule has 0 radical (unpaired) electrons. The molecule has 0 aliphatic rings. The van der Waals surface area contributed by atoms with Crippen LogP contribution in [0.4, 0.5) is 4.79 Å². The molecule has 4 nitrogen and oxygen atoms in total. The van der Waals surface area contributed by atoms with Crippen molar-refractivity contribution in [2.45, 2.75) is 40.3 Å². The molecule has 0 saturated carbocycles. The van der Waals surface area contributed by atoms with Gasteiger partial charge in [0, 0.05) is 31.5 Å². The summed E-state index contributed by atoms with van der Waals surface area (Å²) in [5, 5.41) is 2.93. The summed E-state index contributed by atoms with van der Waals surface area (Å²) in [5.41, 5.74) is 1.01. The summed E-state index contributed by atoms with van der Waals surface area (Å²) in [6.45, 7) is 9.59. The Morgan fingerprint density at radius 3 is 2.61 bits per heavy atom. The second-order valence-corrected chi connectivity index (χ2v) is 5.16. The summed E-state index contributed by atoms with van der Waals surface area (Å²) in [7, 11) is 0. The highest BCUT2D eigenvalue weighted by molar-refractivity contribution is 5.74. The van der Waals surface area contributed by atoms with E-state index in [1.165, 1.54) is 0 Å². The fourth-order valence-electron chi connectivity index (χ4n) is 1.70. The third-order valence-corrected chi connectivity index (χ3v) is 2.61. The molecule has 2 amide bonds. The predicted molar refractivity (Wildman–Crippen MR) is 73.2 cm³/mol. The Hall–Kier alpha value is -1.58. The van der Waals surface area contributed by atoms with Gasteiger partial charge in [-0.05, 0) is 31.4 Å². The number of urea groups is 1.